The minimum atomic E-state index is -3.66. The van der Waals surface area contributed by atoms with Crippen LogP contribution in [0.5, 0.6) is 5.75 Å². The molecule has 0 bridgehead atoms. The van der Waals surface area contributed by atoms with Crippen LogP contribution in [-0.4, -0.2) is 31.5 Å². The van der Waals surface area contributed by atoms with Crippen molar-refractivity contribution in [1.29, 1.82) is 0 Å². The van der Waals surface area contributed by atoms with E-state index in [9.17, 15) is 8.42 Å². The lowest BCUT2D eigenvalue weighted by Gasteiger charge is -2.09. The van der Waals surface area contributed by atoms with Gasteiger partial charge >= 0.3 is 0 Å². The van der Waals surface area contributed by atoms with Gasteiger partial charge in [-0.1, -0.05) is 0 Å². The summed E-state index contributed by atoms with van der Waals surface area (Å²) in [5.41, 5.74) is 5.68. The Hall–Kier alpha value is -2.19. The summed E-state index contributed by atoms with van der Waals surface area (Å²) >= 11 is 0. The van der Waals surface area contributed by atoms with E-state index >= 15 is 0 Å². The van der Waals surface area contributed by atoms with Crippen LogP contribution in [0.3, 0.4) is 0 Å². The number of nitrogens with zero attached hydrogens (tertiary/aromatic N) is 2. The second-order valence-corrected chi connectivity index (χ2v) is 5.88. The molecule has 1 aromatic carbocycles. The first-order valence-corrected chi connectivity index (χ1v) is 7.81. The number of rotatable bonds is 7. The predicted molar refractivity (Wildman–Crippen MR) is 78.4 cm³/mol. The largest absolute Gasteiger partial charge is 0.494 e. The zero-order valence-corrected chi connectivity index (χ0v) is 12.1. The fourth-order valence-corrected chi connectivity index (χ4v) is 2.58. The molecule has 0 atom stereocenters. The Morgan fingerprint density at radius 2 is 1.81 bits per heavy atom. The monoisotopic (exact) mass is 308 g/mol. The Morgan fingerprint density at radius 3 is 2.43 bits per heavy atom. The van der Waals surface area contributed by atoms with Crippen molar-refractivity contribution >= 4 is 15.7 Å². The van der Waals surface area contributed by atoms with E-state index in [4.69, 9.17) is 10.5 Å². The van der Waals surface area contributed by atoms with Gasteiger partial charge in [0.25, 0.3) is 10.0 Å². The van der Waals surface area contributed by atoms with Gasteiger partial charge in [-0.05, 0) is 37.2 Å². The Balaban J connectivity index is 2.06. The first-order valence-electron chi connectivity index (χ1n) is 6.32. The van der Waals surface area contributed by atoms with Crippen molar-refractivity contribution in [3.8, 4) is 5.75 Å². The smallest absolute Gasteiger partial charge is 0.261 e. The van der Waals surface area contributed by atoms with Crippen LogP contribution in [0.1, 0.15) is 6.42 Å². The number of nitrogens with two attached hydrogens (primary N) is 1. The van der Waals surface area contributed by atoms with E-state index in [1.54, 1.807) is 12.1 Å². The van der Waals surface area contributed by atoms with Crippen LogP contribution < -0.4 is 15.2 Å². The Labute approximate surface area is 123 Å². The number of hydrogen-bond acceptors (Lipinski definition) is 6. The number of aromatic nitrogens is 2. The van der Waals surface area contributed by atoms with Crippen LogP contribution in [0.15, 0.2) is 47.9 Å². The van der Waals surface area contributed by atoms with Crippen LogP contribution in [0.25, 0.3) is 0 Å². The van der Waals surface area contributed by atoms with Gasteiger partial charge in [0.05, 0.1) is 29.6 Å². The summed E-state index contributed by atoms with van der Waals surface area (Å²) in [6.07, 6.45) is 4.84. The van der Waals surface area contributed by atoms with E-state index in [0.717, 1.165) is 6.42 Å². The quantitative estimate of drug-likeness (QED) is 0.739. The molecule has 3 N–H and O–H groups in total. The lowest BCUT2D eigenvalue weighted by molar-refractivity contribution is 0.313. The lowest BCUT2D eigenvalue weighted by atomic mass is 10.3. The molecule has 0 spiro atoms. The van der Waals surface area contributed by atoms with Crippen molar-refractivity contribution in [3.05, 3.63) is 43.0 Å². The molecular weight excluding hydrogens is 292 g/mol. The molecule has 7 nitrogen and oxygen atoms in total. The summed E-state index contributed by atoms with van der Waals surface area (Å²) in [7, 11) is -3.66. The zero-order chi connectivity index (χ0) is 15.1. The lowest BCUT2D eigenvalue weighted by Crippen LogP contribution is -2.13. The Bertz CT molecular complexity index is 660. The molecule has 0 saturated carbocycles. The van der Waals surface area contributed by atoms with Crippen molar-refractivity contribution in [2.75, 3.05) is 17.9 Å². The number of nitrogens with one attached hydrogen (secondary N) is 1. The molecule has 8 heteroatoms. The fraction of sp³-hybridized carbons (Fsp3) is 0.231. The summed E-state index contributed by atoms with van der Waals surface area (Å²) in [5.74, 6) is 0.602. The molecule has 0 aliphatic heterocycles. The highest BCUT2D eigenvalue weighted by Crippen LogP contribution is 2.18. The third kappa shape index (κ3) is 4.40. The fourth-order valence-electron chi connectivity index (χ4n) is 1.55. The van der Waals surface area contributed by atoms with E-state index < -0.39 is 10.0 Å². The number of ether oxygens (including phenoxy) is 1. The molecule has 0 aliphatic rings. The minimum Gasteiger partial charge on any atom is -0.494 e. The zero-order valence-electron chi connectivity index (χ0n) is 11.3. The third-order valence-electron chi connectivity index (χ3n) is 2.56. The topological polar surface area (TPSA) is 107 Å². The maximum absolute atomic E-state index is 12.1. The van der Waals surface area contributed by atoms with Gasteiger partial charge in [0.15, 0.2) is 0 Å². The number of benzene rings is 1. The Morgan fingerprint density at radius 1 is 1.14 bits per heavy atom. The molecular formula is C13H16N4O3S. The maximum Gasteiger partial charge on any atom is 0.261 e. The summed E-state index contributed by atoms with van der Waals surface area (Å²) in [4.78, 5) is 7.64. The average molecular weight is 308 g/mol. The van der Waals surface area contributed by atoms with Crippen LogP contribution in [0, 0.1) is 0 Å². The van der Waals surface area contributed by atoms with Crippen LogP contribution in [0.4, 0.5) is 5.69 Å². The van der Waals surface area contributed by atoms with E-state index in [0.29, 0.717) is 24.6 Å². The van der Waals surface area contributed by atoms with Crippen molar-refractivity contribution in [2.45, 2.75) is 11.3 Å². The van der Waals surface area contributed by atoms with Crippen molar-refractivity contribution in [3.63, 3.8) is 0 Å². The van der Waals surface area contributed by atoms with Gasteiger partial charge in [0.2, 0.25) is 0 Å². The molecule has 0 amide bonds. The molecule has 1 heterocycles. The van der Waals surface area contributed by atoms with Gasteiger partial charge in [0, 0.05) is 0 Å². The van der Waals surface area contributed by atoms with Gasteiger partial charge in [-0.3, -0.25) is 4.72 Å². The molecule has 21 heavy (non-hydrogen) atoms. The highest BCUT2D eigenvalue weighted by atomic mass is 32.2. The van der Waals surface area contributed by atoms with Gasteiger partial charge in [-0.25, -0.2) is 18.4 Å². The van der Waals surface area contributed by atoms with E-state index in [1.807, 2.05) is 0 Å². The highest BCUT2D eigenvalue weighted by molar-refractivity contribution is 7.92. The highest BCUT2D eigenvalue weighted by Gasteiger charge is 2.14. The molecule has 2 aromatic rings. The van der Waals surface area contributed by atoms with E-state index in [-0.39, 0.29) is 4.90 Å². The molecule has 0 fully saturated rings. The van der Waals surface area contributed by atoms with Gasteiger partial charge < -0.3 is 10.5 Å². The van der Waals surface area contributed by atoms with Crippen molar-refractivity contribution < 1.29 is 13.2 Å². The molecule has 0 aliphatic carbocycles. The van der Waals surface area contributed by atoms with Gasteiger partial charge in [-0.15, -0.1) is 0 Å². The second-order valence-electron chi connectivity index (χ2n) is 4.19. The van der Waals surface area contributed by atoms with E-state index in [1.165, 1.54) is 30.9 Å². The summed E-state index contributed by atoms with van der Waals surface area (Å²) < 4.78 is 32.1. The van der Waals surface area contributed by atoms with Crippen molar-refractivity contribution in [1.82, 2.24) is 9.97 Å². The second kappa shape index (κ2) is 7.00. The Kier molecular flexibility index (Phi) is 5.07. The first-order chi connectivity index (χ1) is 10.1. The average Bonchev–Trinajstić information content (AvgIpc) is 2.49. The molecule has 1 aromatic heterocycles. The van der Waals surface area contributed by atoms with Gasteiger partial charge in [-0.2, -0.15) is 0 Å². The first kappa shape index (κ1) is 15.2. The molecule has 0 radical (unpaired) electrons. The van der Waals surface area contributed by atoms with E-state index in [2.05, 4.69) is 14.7 Å². The number of anilines is 1. The molecule has 0 saturated heterocycles. The standard InChI is InChI=1S/C13H16N4O3S/c14-6-1-7-20-12-2-4-13(5-3-12)21(18,19)17-11-8-15-10-16-9-11/h2-5,8-10,17H,1,6-7,14H2. The van der Waals surface area contributed by atoms with Crippen LogP contribution >= 0.6 is 0 Å². The van der Waals surface area contributed by atoms with Crippen LogP contribution in [-0.2, 0) is 10.0 Å². The minimum absolute atomic E-state index is 0.137. The van der Waals surface area contributed by atoms with Crippen LogP contribution in [0.2, 0.25) is 0 Å². The predicted octanol–water partition coefficient (Wildman–Crippen LogP) is 1.00. The number of sulfonamides is 1. The normalized spacial score (nSPS) is 11.1. The summed E-state index contributed by atoms with van der Waals surface area (Å²) in [6, 6.07) is 6.16. The third-order valence-corrected chi connectivity index (χ3v) is 3.96. The summed E-state index contributed by atoms with van der Waals surface area (Å²) in [5, 5.41) is 0. The maximum atomic E-state index is 12.1. The number of hydrogen-bond donors (Lipinski definition) is 2. The summed E-state index contributed by atoms with van der Waals surface area (Å²) in [6.45, 7) is 1.05. The molecule has 2 rings (SSSR count). The molecule has 0 unspecified atom stereocenters. The van der Waals surface area contributed by atoms with Gasteiger partial charge in [0.1, 0.15) is 12.1 Å². The van der Waals surface area contributed by atoms with Crippen molar-refractivity contribution in [2.24, 2.45) is 5.73 Å². The SMILES string of the molecule is NCCCOc1ccc(S(=O)(=O)Nc2cncnc2)cc1. The molecule has 112 valence electrons.